The maximum atomic E-state index is 11.7. The maximum Gasteiger partial charge on any atom is 0.252 e. The molecule has 2 fully saturated rings. The first-order valence-corrected chi connectivity index (χ1v) is 8.90. The number of ether oxygens (including phenoxy) is 1. The number of rotatable bonds is 6. The zero-order chi connectivity index (χ0) is 18.5. The first-order valence-electron chi connectivity index (χ1n) is 8.90. The number of nitrogens with zero attached hydrogens (tertiary/aromatic N) is 2. The fraction of sp³-hybridized carbons (Fsp3) is 0.500. The van der Waals surface area contributed by atoms with E-state index in [4.69, 9.17) is 10.5 Å². The Balaban J connectivity index is 1.73. The van der Waals surface area contributed by atoms with E-state index in [1.165, 1.54) is 6.08 Å². The van der Waals surface area contributed by atoms with Gasteiger partial charge in [-0.1, -0.05) is 6.58 Å². The first-order chi connectivity index (χ1) is 12.6. The van der Waals surface area contributed by atoms with Crippen LogP contribution in [0.25, 0.3) is 0 Å². The summed E-state index contributed by atoms with van der Waals surface area (Å²) in [5.74, 6) is 0.604. The molecular formula is C18H25N5O3. The molecule has 8 heteroatoms. The van der Waals surface area contributed by atoms with Gasteiger partial charge in [0.2, 0.25) is 5.91 Å². The van der Waals surface area contributed by atoms with E-state index < -0.39 is 5.91 Å². The number of hydrogen-bond acceptors (Lipinski definition) is 6. The Morgan fingerprint density at radius 3 is 2.73 bits per heavy atom. The Morgan fingerprint density at radius 1 is 1.27 bits per heavy atom. The van der Waals surface area contributed by atoms with Crippen LogP contribution in [0, 0.1) is 0 Å². The summed E-state index contributed by atoms with van der Waals surface area (Å²) in [6.07, 6.45) is 3.84. The number of amides is 2. The second kappa shape index (κ2) is 8.18. The molecule has 0 spiro atoms. The van der Waals surface area contributed by atoms with Gasteiger partial charge in [0.15, 0.2) is 0 Å². The zero-order valence-electron chi connectivity index (χ0n) is 14.7. The molecule has 1 aromatic heterocycles. The summed E-state index contributed by atoms with van der Waals surface area (Å²) in [5.41, 5.74) is 5.89. The van der Waals surface area contributed by atoms with Gasteiger partial charge in [0.05, 0.1) is 5.56 Å². The Bertz CT molecular complexity index is 687. The maximum absolute atomic E-state index is 11.7. The molecule has 4 N–H and O–H groups in total. The lowest BCUT2D eigenvalue weighted by Gasteiger charge is -2.25. The third-order valence-electron chi connectivity index (χ3n) is 4.75. The molecule has 140 valence electrons. The molecule has 2 aliphatic rings. The van der Waals surface area contributed by atoms with E-state index in [2.05, 4.69) is 27.1 Å². The van der Waals surface area contributed by atoms with Crippen LogP contribution in [0.15, 0.2) is 24.8 Å². The van der Waals surface area contributed by atoms with E-state index in [1.807, 2.05) is 0 Å². The molecule has 0 aromatic carbocycles. The fourth-order valence-corrected chi connectivity index (χ4v) is 3.32. The number of anilines is 2. The van der Waals surface area contributed by atoms with Crippen molar-refractivity contribution >= 4 is 23.5 Å². The third kappa shape index (κ3) is 4.32. The van der Waals surface area contributed by atoms with Crippen molar-refractivity contribution in [3.05, 3.63) is 30.4 Å². The molecule has 3 heterocycles. The molecule has 1 aromatic rings. The van der Waals surface area contributed by atoms with E-state index in [9.17, 15) is 9.59 Å². The number of carbonyl (C=O) groups is 2. The van der Waals surface area contributed by atoms with Crippen LogP contribution in [0.4, 0.5) is 11.6 Å². The van der Waals surface area contributed by atoms with Crippen molar-refractivity contribution in [2.45, 2.75) is 31.3 Å². The number of nitrogens with one attached hydrogen (secondary N) is 2. The molecule has 0 unspecified atom stereocenters. The number of hydrogen-bond donors (Lipinski definition) is 3. The smallest absolute Gasteiger partial charge is 0.252 e. The SMILES string of the molecule is C=CC(=O)N[C@H]1CCN(c2ccc(C(N)=O)c(NC3CCOCC3)n2)C1. The molecule has 0 saturated carbocycles. The van der Waals surface area contributed by atoms with Gasteiger partial charge in [-0.3, -0.25) is 9.59 Å². The molecule has 2 aliphatic heterocycles. The summed E-state index contributed by atoms with van der Waals surface area (Å²) < 4.78 is 5.37. The van der Waals surface area contributed by atoms with Gasteiger partial charge in [-0.05, 0) is 37.5 Å². The molecule has 26 heavy (non-hydrogen) atoms. The van der Waals surface area contributed by atoms with E-state index in [-0.39, 0.29) is 18.0 Å². The monoisotopic (exact) mass is 359 g/mol. The second-order valence-corrected chi connectivity index (χ2v) is 6.61. The van der Waals surface area contributed by atoms with Crippen molar-refractivity contribution in [2.24, 2.45) is 5.73 Å². The molecule has 2 amide bonds. The van der Waals surface area contributed by atoms with E-state index in [0.29, 0.717) is 31.1 Å². The van der Waals surface area contributed by atoms with Crippen LogP contribution in [0.5, 0.6) is 0 Å². The Kier molecular flexibility index (Phi) is 5.72. The van der Waals surface area contributed by atoms with E-state index >= 15 is 0 Å². The number of pyridine rings is 1. The minimum atomic E-state index is -0.504. The average Bonchev–Trinajstić information content (AvgIpc) is 3.10. The summed E-state index contributed by atoms with van der Waals surface area (Å²) in [6.45, 7) is 6.31. The summed E-state index contributed by atoms with van der Waals surface area (Å²) in [6, 6.07) is 3.78. The number of primary amides is 1. The van der Waals surface area contributed by atoms with Gasteiger partial charge in [-0.25, -0.2) is 4.98 Å². The fourth-order valence-electron chi connectivity index (χ4n) is 3.32. The highest BCUT2D eigenvalue weighted by molar-refractivity contribution is 5.98. The van der Waals surface area contributed by atoms with Gasteiger partial charge in [0, 0.05) is 38.4 Å². The van der Waals surface area contributed by atoms with Crippen LogP contribution in [-0.2, 0) is 9.53 Å². The lowest BCUT2D eigenvalue weighted by Crippen LogP contribution is -2.36. The Labute approximate surface area is 152 Å². The van der Waals surface area contributed by atoms with Crippen LogP contribution >= 0.6 is 0 Å². The normalized spacial score (nSPS) is 20.6. The lowest BCUT2D eigenvalue weighted by atomic mass is 10.1. The van der Waals surface area contributed by atoms with E-state index in [0.717, 1.165) is 31.6 Å². The van der Waals surface area contributed by atoms with Gasteiger partial charge in [-0.15, -0.1) is 0 Å². The standard InChI is InChI=1S/C18H25N5O3/c1-2-16(24)20-13-5-8-23(11-13)15-4-3-14(17(19)25)18(22-15)21-12-6-9-26-10-7-12/h2-4,12-13H,1,5-11H2,(H2,19,25)(H,20,24)(H,21,22)/t13-/m0/s1. The van der Waals surface area contributed by atoms with E-state index in [1.54, 1.807) is 12.1 Å². The van der Waals surface area contributed by atoms with Gasteiger partial charge < -0.3 is 26.0 Å². The minimum absolute atomic E-state index is 0.0602. The van der Waals surface area contributed by atoms with Crippen LogP contribution in [0.2, 0.25) is 0 Å². The summed E-state index contributed by atoms with van der Waals surface area (Å²) >= 11 is 0. The second-order valence-electron chi connectivity index (χ2n) is 6.61. The molecule has 0 radical (unpaired) electrons. The molecule has 0 bridgehead atoms. The lowest BCUT2D eigenvalue weighted by molar-refractivity contribution is -0.117. The summed E-state index contributed by atoms with van der Waals surface area (Å²) in [5, 5.41) is 6.25. The summed E-state index contributed by atoms with van der Waals surface area (Å²) in [4.78, 5) is 30.0. The number of nitrogens with two attached hydrogens (primary N) is 1. The van der Waals surface area contributed by atoms with Crippen LogP contribution in [-0.4, -0.2) is 55.2 Å². The van der Waals surface area contributed by atoms with Crippen molar-refractivity contribution in [1.82, 2.24) is 10.3 Å². The van der Waals surface area contributed by atoms with Crippen LogP contribution < -0.4 is 21.3 Å². The Morgan fingerprint density at radius 2 is 2.04 bits per heavy atom. The van der Waals surface area contributed by atoms with Crippen molar-refractivity contribution in [3.8, 4) is 0 Å². The first kappa shape index (κ1) is 18.2. The molecular weight excluding hydrogens is 334 g/mol. The van der Waals surface area contributed by atoms with Crippen LogP contribution in [0.1, 0.15) is 29.6 Å². The van der Waals surface area contributed by atoms with Crippen molar-refractivity contribution < 1.29 is 14.3 Å². The van der Waals surface area contributed by atoms with Gasteiger partial charge in [0.1, 0.15) is 11.6 Å². The highest BCUT2D eigenvalue weighted by Crippen LogP contribution is 2.24. The zero-order valence-corrected chi connectivity index (χ0v) is 14.7. The predicted octanol–water partition coefficient (Wildman–Crippen LogP) is 0.652. The van der Waals surface area contributed by atoms with Crippen LogP contribution in [0.3, 0.4) is 0 Å². The number of aromatic nitrogens is 1. The Hall–Kier alpha value is -2.61. The highest BCUT2D eigenvalue weighted by Gasteiger charge is 2.26. The van der Waals surface area contributed by atoms with Gasteiger partial charge in [0.25, 0.3) is 5.91 Å². The third-order valence-corrected chi connectivity index (χ3v) is 4.75. The molecule has 8 nitrogen and oxygen atoms in total. The van der Waals surface area contributed by atoms with Crippen molar-refractivity contribution in [2.75, 3.05) is 36.5 Å². The molecule has 2 saturated heterocycles. The van der Waals surface area contributed by atoms with Crippen molar-refractivity contribution in [1.29, 1.82) is 0 Å². The topological polar surface area (TPSA) is 110 Å². The molecule has 3 rings (SSSR count). The minimum Gasteiger partial charge on any atom is -0.381 e. The molecule has 0 aliphatic carbocycles. The predicted molar refractivity (Wildman–Crippen MR) is 99.2 cm³/mol. The summed E-state index contributed by atoms with van der Waals surface area (Å²) in [7, 11) is 0. The molecule has 1 atom stereocenters. The van der Waals surface area contributed by atoms with Gasteiger partial charge in [-0.2, -0.15) is 0 Å². The largest absolute Gasteiger partial charge is 0.381 e. The van der Waals surface area contributed by atoms with Crippen molar-refractivity contribution in [3.63, 3.8) is 0 Å². The number of carbonyl (C=O) groups excluding carboxylic acids is 2. The highest BCUT2D eigenvalue weighted by atomic mass is 16.5. The van der Waals surface area contributed by atoms with Gasteiger partial charge >= 0.3 is 0 Å². The quantitative estimate of drug-likeness (QED) is 0.644. The average molecular weight is 359 g/mol.